The molecule has 0 bridgehead atoms. The number of carbonyl (C=O) groups excluding carboxylic acids is 1. The maximum Gasteiger partial charge on any atom is 0.416 e. The summed E-state index contributed by atoms with van der Waals surface area (Å²) in [4.78, 5) is 18.5. The minimum absolute atomic E-state index is 0.192. The monoisotopic (exact) mass is 437 g/mol. The van der Waals surface area contributed by atoms with E-state index in [9.17, 15) is 23.1 Å². The molecule has 0 spiro atoms. The Morgan fingerprint density at radius 1 is 1.29 bits per heavy atom. The molecule has 1 aliphatic rings. The summed E-state index contributed by atoms with van der Waals surface area (Å²) in [7, 11) is 0. The van der Waals surface area contributed by atoms with Crippen molar-refractivity contribution in [2.24, 2.45) is 5.92 Å². The van der Waals surface area contributed by atoms with E-state index in [1.807, 2.05) is 19.1 Å². The van der Waals surface area contributed by atoms with Gasteiger partial charge >= 0.3 is 12.2 Å². The molecule has 3 rings (SSSR count). The minimum Gasteiger partial charge on any atom is -0.396 e. The van der Waals surface area contributed by atoms with Gasteiger partial charge in [0.05, 0.1) is 18.7 Å². The van der Waals surface area contributed by atoms with Gasteiger partial charge in [0.25, 0.3) is 0 Å². The number of nitrogens with zero attached hydrogens (tertiary/aromatic N) is 2. The number of ether oxygens (including phenoxy) is 1. The number of benzene rings is 1. The van der Waals surface area contributed by atoms with Gasteiger partial charge < -0.3 is 20.1 Å². The van der Waals surface area contributed by atoms with Crippen LogP contribution in [0.2, 0.25) is 0 Å². The molecule has 0 saturated carbocycles. The van der Waals surface area contributed by atoms with Crippen LogP contribution in [0.15, 0.2) is 42.6 Å². The highest BCUT2D eigenvalue weighted by atomic mass is 19.4. The first-order valence-corrected chi connectivity index (χ1v) is 10.1. The number of amides is 2. The van der Waals surface area contributed by atoms with Gasteiger partial charge in [-0.25, -0.2) is 4.79 Å². The number of aryl methyl sites for hydroxylation is 1. The fourth-order valence-electron chi connectivity index (χ4n) is 3.41. The van der Waals surface area contributed by atoms with Gasteiger partial charge in [-0.1, -0.05) is 18.2 Å². The Hall–Kier alpha value is -2.65. The summed E-state index contributed by atoms with van der Waals surface area (Å²) in [6, 6.07) is 8.40. The number of nitrogens with one attached hydrogen (secondary N) is 1. The van der Waals surface area contributed by atoms with Crippen LogP contribution < -0.4 is 5.32 Å². The lowest BCUT2D eigenvalue weighted by Crippen LogP contribution is -2.48. The fourth-order valence-corrected chi connectivity index (χ4v) is 3.41. The summed E-state index contributed by atoms with van der Waals surface area (Å²) in [5.74, 6) is -0.307. The van der Waals surface area contributed by atoms with Gasteiger partial charge in [-0.15, -0.1) is 0 Å². The Balaban J connectivity index is 1.51. The highest BCUT2D eigenvalue weighted by Gasteiger charge is 2.30. The number of halogens is 3. The molecular formula is C22H26F3N3O3. The van der Waals surface area contributed by atoms with Gasteiger partial charge in [0.15, 0.2) is 0 Å². The second-order valence-electron chi connectivity index (χ2n) is 7.67. The Kier molecular flexibility index (Phi) is 7.50. The van der Waals surface area contributed by atoms with Crippen LogP contribution in [0.4, 0.5) is 18.0 Å². The number of morpholine rings is 1. The van der Waals surface area contributed by atoms with Crippen LogP contribution in [0.1, 0.15) is 28.5 Å². The predicted octanol–water partition coefficient (Wildman–Crippen LogP) is 3.34. The fraction of sp³-hybridized carbons (Fsp3) is 0.455. The highest BCUT2D eigenvalue weighted by molar-refractivity contribution is 5.74. The second-order valence-corrected chi connectivity index (χ2v) is 7.67. The van der Waals surface area contributed by atoms with Gasteiger partial charge in [-0.3, -0.25) is 4.98 Å². The molecule has 0 aliphatic carbocycles. The number of urea groups is 1. The van der Waals surface area contributed by atoms with Crippen LogP contribution >= 0.6 is 0 Å². The zero-order valence-corrected chi connectivity index (χ0v) is 17.2. The van der Waals surface area contributed by atoms with E-state index in [0.717, 1.165) is 23.4 Å². The smallest absolute Gasteiger partial charge is 0.396 e. The lowest BCUT2D eigenvalue weighted by Gasteiger charge is -2.33. The van der Waals surface area contributed by atoms with Crippen molar-refractivity contribution in [3.63, 3.8) is 0 Å². The molecule has 1 saturated heterocycles. The molecule has 2 aromatic rings. The summed E-state index contributed by atoms with van der Waals surface area (Å²) in [6.07, 6.45) is -2.54. The van der Waals surface area contributed by atoms with Gasteiger partial charge in [0.2, 0.25) is 0 Å². The van der Waals surface area contributed by atoms with E-state index < -0.39 is 11.7 Å². The summed E-state index contributed by atoms with van der Waals surface area (Å²) in [5, 5.41) is 12.5. The zero-order valence-electron chi connectivity index (χ0n) is 17.2. The molecular weight excluding hydrogens is 411 g/mol. The number of aliphatic hydroxyl groups excluding tert-OH is 1. The number of hydrogen-bond acceptors (Lipinski definition) is 4. The summed E-state index contributed by atoms with van der Waals surface area (Å²) in [6.45, 7) is 3.16. The summed E-state index contributed by atoms with van der Waals surface area (Å²) in [5.41, 5.74) is 1.76. The molecule has 1 aliphatic heterocycles. The molecule has 2 amide bonds. The molecule has 0 radical (unpaired) electrons. The van der Waals surface area contributed by atoms with Crippen molar-refractivity contribution in [2.75, 3.05) is 32.8 Å². The van der Waals surface area contributed by atoms with E-state index >= 15 is 0 Å². The number of aliphatic hydroxyl groups is 1. The topological polar surface area (TPSA) is 74.7 Å². The first-order chi connectivity index (χ1) is 14.8. The van der Waals surface area contributed by atoms with E-state index in [1.54, 1.807) is 11.1 Å². The lowest BCUT2D eigenvalue weighted by atomic mass is 9.99. The maximum atomic E-state index is 12.7. The quantitative estimate of drug-likeness (QED) is 0.727. The van der Waals surface area contributed by atoms with Crippen LogP contribution in [0, 0.1) is 12.8 Å². The molecule has 9 heteroatoms. The Morgan fingerprint density at radius 2 is 2.03 bits per heavy atom. The maximum absolute atomic E-state index is 12.7. The standard InChI is InChI=1S/C22H26F3N3O3/c1-15-2-5-18(12-26-15)20-13-28(8-9-31-20)21(30)27-11-17(14-29)10-16-3-6-19(7-4-16)22(23,24)25/h2-7,12,17,20,29H,8-11,13-14H2,1H3,(H,27,30). The van der Waals surface area contributed by atoms with Crippen molar-refractivity contribution >= 4 is 6.03 Å². The summed E-state index contributed by atoms with van der Waals surface area (Å²) < 4.78 is 43.8. The Bertz CT molecular complexity index is 857. The first-order valence-electron chi connectivity index (χ1n) is 10.1. The first kappa shape index (κ1) is 23.0. The molecule has 31 heavy (non-hydrogen) atoms. The normalized spacial score (nSPS) is 18.0. The van der Waals surface area contributed by atoms with Crippen molar-refractivity contribution < 1.29 is 27.8 Å². The highest BCUT2D eigenvalue weighted by Crippen LogP contribution is 2.29. The predicted molar refractivity (Wildman–Crippen MR) is 108 cm³/mol. The largest absolute Gasteiger partial charge is 0.416 e. The lowest BCUT2D eigenvalue weighted by molar-refractivity contribution is -0.137. The molecule has 168 valence electrons. The molecule has 1 aromatic carbocycles. The molecule has 2 heterocycles. The van der Waals surface area contributed by atoms with Crippen molar-refractivity contribution in [1.82, 2.24) is 15.2 Å². The van der Waals surface area contributed by atoms with Crippen molar-refractivity contribution in [1.29, 1.82) is 0 Å². The van der Waals surface area contributed by atoms with Crippen LogP contribution in [0.25, 0.3) is 0 Å². The van der Waals surface area contributed by atoms with E-state index in [0.29, 0.717) is 31.7 Å². The van der Waals surface area contributed by atoms with Gasteiger partial charge in [-0.2, -0.15) is 13.2 Å². The number of aromatic nitrogens is 1. The van der Waals surface area contributed by atoms with E-state index in [-0.39, 0.29) is 31.2 Å². The number of alkyl halides is 3. The second kappa shape index (κ2) is 10.1. The minimum atomic E-state index is -4.38. The van der Waals surface area contributed by atoms with Crippen LogP contribution in [0.3, 0.4) is 0 Å². The molecule has 1 fully saturated rings. The van der Waals surface area contributed by atoms with Gasteiger partial charge in [0.1, 0.15) is 6.10 Å². The van der Waals surface area contributed by atoms with Crippen LogP contribution in [-0.4, -0.2) is 53.9 Å². The van der Waals surface area contributed by atoms with Gasteiger partial charge in [-0.05, 0) is 37.1 Å². The van der Waals surface area contributed by atoms with Crippen molar-refractivity contribution in [3.05, 3.63) is 65.0 Å². The zero-order chi connectivity index (χ0) is 22.4. The number of pyridine rings is 1. The molecule has 6 nitrogen and oxygen atoms in total. The Morgan fingerprint density at radius 3 is 2.65 bits per heavy atom. The van der Waals surface area contributed by atoms with Gasteiger partial charge in [0, 0.05) is 43.1 Å². The number of rotatable bonds is 6. The third-order valence-corrected chi connectivity index (χ3v) is 5.27. The van der Waals surface area contributed by atoms with Crippen molar-refractivity contribution in [3.8, 4) is 0 Å². The number of hydrogen-bond donors (Lipinski definition) is 2. The van der Waals surface area contributed by atoms with Crippen LogP contribution in [-0.2, 0) is 17.3 Å². The third-order valence-electron chi connectivity index (χ3n) is 5.27. The third kappa shape index (κ3) is 6.41. The average Bonchev–Trinajstić information content (AvgIpc) is 2.76. The van der Waals surface area contributed by atoms with E-state index in [4.69, 9.17) is 4.74 Å². The van der Waals surface area contributed by atoms with E-state index in [2.05, 4.69) is 10.3 Å². The average molecular weight is 437 g/mol. The summed E-state index contributed by atoms with van der Waals surface area (Å²) >= 11 is 0. The molecule has 2 N–H and O–H groups in total. The molecule has 2 unspecified atom stereocenters. The van der Waals surface area contributed by atoms with Crippen molar-refractivity contribution in [2.45, 2.75) is 25.6 Å². The number of carbonyl (C=O) groups is 1. The molecule has 1 aromatic heterocycles. The Labute approximate surface area is 179 Å². The SMILES string of the molecule is Cc1ccc(C2CN(C(=O)NCC(CO)Cc3ccc(C(F)(F)F)cc3)CCO2)cn1. The van der Waals surface area contributed by atoms with E-state index in [1.165, 1.54) is 12.1 Å². The molecule has 2 atom stereocenters. The van der Waals surface area contributed by atoms with Crippen LogP contribution in [0.5, 0.6) is 0 Å².